The number of hydrogen-bond acceptors (Lipinski definition) is 4. The minimum Gasteiger partial charge on any atom is -0.388 e. The fourth-order valence-electron chi connectivity index (χ4n) is 2.30. The molecule has 0 bridgehead atoms. The molecule has 1 saturated heterocycles. The second kappa shape index (κ2) is 4.51. The van der Waals surface area contributed by atoms with Crippen molar-refractivity contribution in [2.75, 3.05) is 13.1 Å². The molecule has 96 valence electrons. The lowest BCUT2D eigenvalue weighted by Gasteiger charge is -2.19. The van der Waals surface area contributed by atoms with E-state index in [0.29, 0.717) is 16.0 Å². The van der Waals surface area contributed by atoms with Crippen LogP contribution in [0, 0.1) is 10.2 Å². The average molecular weight is 256 g/mol. The first-order chi connectivity index (χ1) is 7.93. The topological polar surface area (TPSA) is 46.2 Å². The van der Waals surface area contributed by atoms with E-state index in [1.807, 2.05) is 7.05 Å². The van der Waals surface area contributed by atoms with Crippen LogP contribution in [0.15, 0.2) is 0 Å². The van der Waals surface area contributed by atoms with Crippen LogP contribution < -0.4 is 0 Å². The molecule has 0 aliphatic carbocycles. The Bertz CT molecular complexity index is 463. The molecule has 1 fully saturated rings. The zero-order valence-electron chi connectivity index (χ0n) is 10.7. The standard InChI is InChI=1S/C11H20N4OS/c1-11(2)4-5-14(7-11)8-15-10(17)13(3)9(6-16)12-15/h16H,4-8H2,1-3H3. The van der Waals surface area contributed by atoms with Crippen LogP contribution in [-0.2, 0) is 20.3 Å². The summed E-state index contributed by atoms with van der Waals surface area (Å²) in [5.74, 6) is 0.619. The largest absolute Gasteiger partial charge is 0.388 e. The number of aliphatic hydroxyl groups excluding tert-OH is 1. The Morgan fingerprint density at radius 1 is 1.47 bits per heavy atom. The van der Waals surface area contributed by atoms with E-state index in [4.69, 9.17) is 17.3 Å². The van der Waals surface area contributed by atoms with Gasteiger partial charge < -0.3 is 9.67 Å². The molecule has 0 aromatic carbocycles. The monoisotopic (exact) mass is 256 g/mol. The molecule has 6 heteroatoms. The molecule has 2 heterocycles. The first-order valence-electron chi connectivity index (χ1n) is 5.89. The molecule has 0 atom stereocenters. The van der Waals surface area contributed by atoms with Gasteiger partial charge in [0.05, 0.1) is 6.67 Å². The van der Waals surface area contributed by atoms with Gasteiger partial charge in [-0.25, -0.2) is 4.68 Å². The van der Waals surface area contributed by atoms with E-state index in [9.17, 15) is 0 Å². The van der Waals surface area contributed by atoms with Gasteiger partial charge in [0.1, 0.15) is 6.61 Å². The maximum absolute atomic E-state index is 9.14. The van der Waals surface area contributed by atoms with Crippen LogP contribution in [0.1, 0.15) is 26.1 Å². The predicted molar refractivity (Wildman–Crippen MR) is 67.9 cm³/mol. The van der Waals surface area contributed by atoms with Crippen molar-refractivity contribution in [3.05, 3.63) is 10.6 Å². The molecule has 0 spiro atoms. The summed E-state index contributed by atoms with van der Waals surface area (Å²) in [4.78, 5) is 2.35. The van der Waals surface area contributed by atoms with Crippen molar-refractivity contribution < 1.29 is 5.11 Å². The van der Waals surface area contributed by atoms with Crippen molar-refractivity contribution in [2.45, 2.75) is 33.5 Å². The number of nitrogens with zero attached hydrogens (tertiary/aromatic N) is 4. The lowest BCUT2D eigenvalue weighted by atomic mass is 9.93. The maximum Gasteiger partial charge on any atom is 0.198 e. The normalized spacial score (nSPS) is 20.0. The molecule has 5 nitrogen and oxygen atoms in total. The molecule has 0 saturated carbocycles. The van der Waals surface area contributed by atoms with Gasteiger partial charge >= 0.3 is 0 Å². The predicted octanol–water partition coefficient (Wildman–Crippen LogP) is 1.13. The van der Waals surface area contributed by atoms with Crippen LogP contribution in [-0.4, -0.2) is 37.4 Å². The van der Waals surface area contributed by atoms with E-state index in [1.165, 1.54) is 6.42 Å². The van der Waals surface area contributed by atoms with Crippen LogP contribution in [0.25, 0.3) is 0 Å². The smallest absolute Gasteiger partial charge is 0.198 e. The molecule has 1 aliphatic rings. The summed E-state index contributed by atoms with van der Waals surface area (Å²) in [6.07, 6.45) is 1.21. The summed E-state index contributed by atoms with van der Waals surface area (Å²) >= 11 is 5.30. The minimum absolute atomic E-state index is 0.0708. The Kier molecular flexibility index (Phi) is 3.38. The molecular weight excluding hydrogens is 236 g/mol. The van der Waals surface area contributed by atoms with Gasteiger partial charge in [0.2, 0.25) is 0 Å². The summed E-state index contributed by atoms with van der Waals surface area (Å²) in [6, 6.07) is 0. The first-order valence-corrected chi connectivity index (χ1v) is 6.30. The van der Waals surface area contributed by atoms with Gasteiger partial charge in [-0.3, -0.25) is 4.90 Å². The number of aliphatic hydroxyl groups is 1. The van der Waals surface area contributed by atoms with Crippen molar-refractivity contribution in [1.29, 1.82) is 0 Å². The number of hydrogen-bond donors (Lipinski definition) is 1. The van der Waals surface area contributed by atoms with Crippen LogP contribution in [0.2, 0.25) is 0 Å². The third-order valence-electron chi connectivity index (χ3n) is 3.36. The van der Waals surface area contributed by atoms with Gasteiger partial charge in [-0.05, 0) is 24.1 Å². The first kappa shape index (κ1) is 12.7. The molecule has 1 aliphatic heterocycles. The highest BCUT2D eigenvalue weighted by atomic mass is 32.1. The van der Waals surface area contributed by atoms with Crippen molar-refractivity contribution in [3.8, 4) is 0 Å². The number of rotatable bonds is 3. The molecule has 1 N–H and O–H groups in total. The van der Waals surface area contributed by atoms with Crippen LogP contribution >= 0.6 is 12.2 Å². The molecule has 0 unspecified atom stereocenters. The summed E-state index contributed by atoms with van der Waals surface area (Å²) in [6.45, 7) is 7.36. The molecule has 2 rings (SSSR count). The lowest BCUT2D eigenvalue weighted by molar-refractivity contribution is 0.223. The van der Waals surface area contributed by atoms with Crippen molar-refractivity contribution >= 4 is 12.2 Å². The Balaban J connectivity index is 2.12. The zero-order valence-corrected chi connectivity index (χ0v) is 11.5. The van der Waals surface area contributed by atoms with E-state index >= 15 is 0 Å². The van der Waals surface area contributed by atoms with Crippen LogP contribution in [0.3, 0.4) is 0 Å². The summed E-state index contributed by atoms with van der Waals surface area (Å²) in [5.41, 5.74) is 0.386. The van der Waals surface area contributed by atoms with Gasteiger partial charge in [0.25, 0.3) is 0 Å². The molecule has 0 amide bonds. The molecule has 17 heavy (non-hydrogen) atoms. The lowest BCUT2D eigenvalue weighted by Crippen LogP contribution is -2.26. The second-order valence-corrected chi connectivity index (χ2v) is 5.89. The molecule has 1 aromatic rings. The van der Waals surface area contributed by atoms with E-state index in [1.54, 1.807) is 9.25 Å². The average Bonchev–Trinajstić information content (AvgIpc) is 2.73. The van der Waals surface area contributed by atoms with E-state index < -0.39 is 0 Å². The van der Waals surface area contributed by atoms with Gasteiger partial charge in [0, 0.05) is 20.1 Å². The molecule has 1 aromatic heterocycles. The summed E-state index contributed by atoms with van der Waals surface area (Å²) < 4.78 is 4.22. The fourth-order valence-corrected chi connectivity index (χ4v) is 2.50. The van der Waals surface area contributed by atoms with Crippen molar-refractivity contribution in [1.82, 2.24) is 19.2 Å². The quantitative estimate of drug-likeness (QED) is 0.824. The molecule has 0 radical (unpaired) electrons. The van der Waals surface area contributed by atoms with Crippen molar-refractivity contribution in [3.63, 3.8) is 0 Å². The Morgan fingerprint density at radius 3 is 2.65 bits per heavy atom. The third-order valence-corrected chi connectivity index (χ3v) is 3.85. The second-order valence-electron chi connectivity index (χ2n) is 5.52. The Labute approximate surface area is 107 Å². The van der Waals surface area contributed by atoms with E-state index in [-0.39, 0.29) is 6.61 Å². The third kappa shape index (κ3) is 2.59. The van der Waals surface area contributed by atoms with Gasteiger partial charge in [0.15, 0.2) is 10.6 Å². The highest BCUT2D eigenvalue weighted by molar-refractivity contribution is 7.71. The fraction of sp³-hybridized carbons (Fsp3) is 0.818. The van der Waals surface area contributed by atoms with Gasteiger partial charge in [-0.1, -0.05) is 13.8 Å². The van der Waals surface area contributed by atoms with Gasteiger partial charge in [-0.2, -0.15) is 5.10 Å². The van der Waals surface area contributed by atoms with E-state index in [2.05, 4.69) is 23.8 Å². The highest BCUT2D eigenvalue weighted by Gasteiger charge is 2.29. The number of aromatic nitrogens is 3. The van der Waals surface area contributed by atoms with Crippen LogP contribution in [0.4, 0.5) is 0 Å². The highest BCUT2D eigenvalue weighted by Crippen LogP contribution is 2.28. The number of likely N-dealkylation sites (tertiary alicyclic amines) is 1. The van der Waals surface area contributed by atoms with Crippen molar-refractivity contribution in [2.24, 2.45) is 12.5 Å². The molecular formula is C11H20N4OS. The van der Waals surface area contributed by atoms with Crippen LogP contribution in [0.5, 0.6) is 0 Å². The van der Waals surface area contributed by atoms with E-state index in [0.717, 1.165) is 19.8 Å². The van der Waals surface area contributed by atoms with Gasteiger partial charge in [-0.15, -0.1) is 0 Å². The SMILES string of the molecule is Cn1c(CO)nn(CN2CCC(C)(C)C2)c1=S. The Morgan fingerprint density at radius 2 is 2.18 bits per heavy atom. The summed E-state index contributed by atoms with van der Waals surface area (Å²) in [5, 5.41) is 13.5. The zero-order chi connectivity index (χ0) is 12.6. The maximum atomic E-state index is 9.14. The Hall–Kier alpha value is -0.720. The minimum atomic E-state index is -0.0708. The summed E-state index contributed by atoms with van der Waals surface area (Å²) in [7, 11) is 1.84.